The van der Waals surface area contributed by atoms with E-state index in [2.05, 4.69) is 97.3 Å². The quantitative estimate of drug-likeness (QED) is 0.497. The SMILES string of the molecule is Cc1cc(C)c([N+]2=CN(c3c(C)cc(I)cc3C)CC2)c(C)c1.[Cl-]. The number of rotatable bonds is 2. The highest BCUT2D eigenvalue weighted by atomic mass is 127. The molecule has 0 unspecified atom stereocenters. The van der Waals surface area contributed by atoms with Crippen LogP contribution in [0.4, 0.5) is 11.4 Å². The Balaban J connectivity index is 0.00000208. The van der Waals surface area contributed by atoms with Gasteiger partial charge < -0.3 is 12.4 Å². The highest BCUT2D eigenvalue weighted by Gasteiger charge is 2.27. The Kier molecular flexibility index (Phi) is 5.97. The van der Waals surface area contributed by atoms with Crippen LogP contribution in [0.25, 0.3) is 0 Å². The molecule has 2 aromatic rings. The van der Waals surface area contributed by atoms with Gasteiger partial charge in [-0.2, -0.15) is 0 Å². The molecule has 0 spiro atoms. The predicted octanol–water partition coefficient (Wildman–Crippen LogP) is 2.03. The standard InChI is InChI=1S/C20H24IN2.ClH/c1-13-8-14(2)19(15(3)9-13)22-6-7-23(12-22)20-16(4)10-18(21)11-17(20)5;/h8-12H,6-7H2,1-5H3;1H/q+1;/p-1. The summed E-state index contributed by atoms with van der Waals surface area (Å²) in [6.07, 6.45) is 2.28. The van der Waals surface area contributed by atoms with Gasteiger partial charge in [0.05, 0.1) is 0 Å². The molecule has 1 aliphatic heterocycles. The van der Waals surface area contributed by atoms with Crippen LogP contribution < -0.4 is 17.3 Å². The molecule has 0 aromatic heterocycles. The number of aryl methyl sites for hydroxylation is 5. The minimum Gasteiger partial charge on any atom is -1.00 e. The minimum absolute atomic E-state index is 0. The van der Waals surface area contributed by atoms with Gasteiger partial charge in [0.25, 0.3) is 0 Å². The molecule has 3 rings (SSSR count). The van der Waals surface area contributed by atoms with Gasteiger partial charge in [0.1, 0.15) is 24.5 Å². The van der Waals surface area contributed by atoms with E-state index in [4.69, 9.17) is 0 Å². The summed E-state index contributed by atoms with van der Waals surface area (Å²) in [6, 6.07) is 9.09. The Morgan fingerprint density at radius 1 is 0.875 bits per heavy atom. The molecule has 0 amide bonds. The molecule has 0 bridgehead atoms. The zero-order chi connectivity index (χ0) is 16.7. The van der Waals surface area contributed by atoms with Crippen LogP contribution >= 0.6 is 22.6 Å². The van der Waals surface area contributed by atoms with Crippen molar-refractivity contribution in [1.82, 2.24) is 0 Å². The smallest absolute Gasteiger partial charge is 0.244 e. The maximum absolute atomic E-state index is 2.40. The Morgan fingerprint density at radius 3 is 1.96 bits per heavy atom. The highest BCUT2D eigenvalue weighted by Crippen LogP contribution is 2.30. The van der Waals surface area contributed by atoms with Crippen LogP contribution in [0.5, 0.6) is 0 Å². The lowest BCUT2D eigenvalue weighted by Gasteiger charge is -2.13. The van der Waals surface area contributed by atoms with Crippen LogP contribution in [0, 0.1) is 38.2 Å². The molecule has 2 nitrogen and oxygen atoms in total. The van der Waals surface area contributed by atoms with E-state index in [0.29, 0.717) is 0 Å². The predicted molar refractivity (Wildman–Crippen MR) is 107 cm³/mol. The summed E-state index contributed by atoms with van der Waals surface area (Å²) in [4.78, 5) is 2.40. The second-order valence-electron chi connectivity index (χ2n) is 6.64. The summed E-state index contributed by atoms with van der Waals surface area (Å²) >= 11 is 2.40. The van der Waals surface area contributed by atoms with Crippen molar-refractivity contribution in [2.45, 2.75) is 34.6 Å². The van der Waals surface area contributed by atoms with Crippen molar-refractivity contribution < 1.29 is 17.0 Å². The lowest BCUT2D eigenvalue weighted by atomic mass is 10.0. The summed E-state index contributed by atoms with van der Waals surface area (Å²) in [5.74, 6) is 0. The molecular weight excluding hydrogens is 431 g/mol. The molecule has 24 heavy (non-hydrogen) atoms. The molecule has 0 aliphatic carbocycles. The van der Waals surface area contributed by atoms with Gasteiger partial charge in [0.15, 0.2) is 0 Å². The van der Waals surface area contributed by atoms with Crippen molar-refractivity contribution in [2.24, 2.45) is 0 Å². The van der Waals surface area contributed by atoms with Gasteiger partial charge in [-0.15, -0.1) is 0 Å². The minimum atomic E-state index is 0. The average Bonchev–Trinajstić information content (AvgIpc) is 2.85. The van der Waals surface area contributed by atoms with E-state index >= 15 is 0 Å². The van der Waals surface area contributed by atoms with Crippen LogP contribution in [0.1, 0.15) is 27.8 Å². The first kappa shape index (κ1) is 19.3. The third kappa shape index (κ3) is 3.62. The van der Waals surface area contributed by atoms with E-state index in [1.165, 1.54) is 42.8 Å². The highest BCUT2D eigenvalue weighted by molar-refractivity contribution is 14.1. The molecule has 0 fully saturated rings. The van der Waals surface area contributed by atoms with Crippen molar-refractivity contribution in [2.75, 3.05) is 18.0 Å². The summed E-state index contributed by atoms with van der Waals surface area (Å²) in [7, 11) is 0. The van der Waals surface area contributed by atoms with E-state index in [1.54, 1.807) is 0 Å². The number of nitrogens with zero attached hydrogens (tertiary/aromatic N) is 2. The second-order valence-corrected chi connectivity index (χ2v) is 7.88. The monoisotopic (exact) mass is 454 g/mol. The van der Waals surface area contributed by atoms with E-state index < -0.39 is 0 Å². The zero-order valence-corrected chi connectivity index (χ0v) is 17.9. The molecule has 1 aliphatic rings. The number of anilines is 1. The lowest BCUT2D eigenvalue weighted by Crippen LogP contribution is -3.00. The molecule has 0 atom stereocenters. The van der Waals surface area contributed by atoms with Crippen molar-refractivity contribution >= 4 is 40.3 Å². The molecule has 2 aromatic carbocycles. The first-order valence-electron chi connectivity index (χ1n) is 8.09. The topological polar surface area (TPSA) is 6.25 Å². The van der Waals surface area contributed by atoms with Gasteiger partial charge >= 0.3 is 0 Å². The van der Waals surface area contributed by atoms with Crippen LogP contribution in [-0.4, -0.2) is 24.0 Å². The molecule has 0 radical (unpaired) electrons. The fourth-order valence-corrected chi connectivity index (χ4v) is 4.75. The maximum atomic E-state index is 2.40. The van der Waals surface area contributed by atoms with Crippen LogP contribution in [0.2, 0.25) is 0 Å². The number of benzene rings is 2. The molecular formula is C20H24ClIN2. The summed E-state index contributed by atoms with van der Waals surface area (Å²) in [6.45, 7) is 13.1. The lowest BCUT2D eigenvalue weighted by molar-refractivity contribution is -0.425. The van der Waals surface area contributed by atoms with Crippen molar-refractivity contribution in [3.63, 3.8) is 0 Å². The normalized spacial score (nSPS) is 13.8. The third-order valence-electron chi connectivity index (χ3n) is 4.53. The van der Waals surface area contributed by atoms with Crippen molar-refractivity contribution in [3.05, 3.63) is 55.7 Å². The average molecular weight is 455 g/mol. The molecule has 1 heterocycles. The van der Waals surface area contributed by atoms with Gasteiger partial charge in [-0.25, -0.2) is 9.48 Å². The van der Waals surface area contributed by atoms with Crippen LogP contribution in [-0.2, 0) is 0 Å². The number of hydrogen-bond donors (Lipinski definition) is 0. The summed E-state index contributed by atoms with van der Waals surface area (Å²) < 4.78 is 3.71. The van der Waals surface area contributed by atoms with Crippen molar-refractivity contribution in [3.8, 4) is 0 Å². The van der Waals surface area contributed by atoms with E-state index in [-0.39, 0.29) is 12.4 Å². The third-order valence-corrected chi connectivity index (χ3v) is 5.15. The van der Waals surface area contributed by atoms with E-state index in [9.17, 15) is 0 Å². The Morgan fingerprint density at radius 2 is 1.42 bits per heavy atom. The number of hydrogen-bond acceptors (Lipinski definition) is 1. The number of halogens is 2. The van der Waals surface area contributed by atoms with Gasteiger partial charge in [0, 0.05) is 3.57 Å². The van der Waals surface area contributed by atoms with Gasteiger partial charge in [-0.05, 0) is 91.6 Å². The first-order valence-corrected chi connectivity index (χ1v) is 9.17. The molecule has 0 saturated heterocycles. The maximum Gasteiger partial charge on any atom is 0.244 e. The zero-order valence-electron chi connectivity index (χ0n) is 15.0. The fourth-order valence-electron chi connectivity index (χ4n) is 3.82. The van der Waals surface area contributed by atoms with Crippen LogP contribution in [0.15, 0.2) is 24.3 Å². The Bertz CT molecular complexity index is 765. The summed E-state index contributed by atoms with van der Waals surface area (Å²) in [5.41, 5.74) is 9.47. The van der Waals surface area contributed by atoms with Gasteiger partial charge in [-0.3, -0.25) is 0 Å². The summed E-state index contributed by atoms with van der Waals surface area (Å²) in [5, 5.41) is 0. The Labute approximate surface area is 165 Å². The van der Waals surface area contributed by atoms with Gasteiger partial charge in [-0.1, -0.05) is 17.7 Å². The first-order chi connectivity index (χ1) is 10.9. The Hall–Kier alpha value is -1.07. The second kappa shape index (κ2) is 7.44. The van der Waals surface area contributed by atoms with E-state index in [1.807, 2.05) is 0 Å². The molecule has 128 valence electrons. The fraction of sp³-hybridized carbons (Fsp3) is 0.350. The van der Waals surface area contributed by atoms with Crippen molar-refractivity contribution in [1.29, 1.82) is 0 Å². The largest absolute Gasteiger partial charge is 1.00 e. The van der Waals surface area contributed by atoms with Crippen LogP contribution in [0.3, 0.4) is 0 Å². The molecule has 0 N–H and O–H groups in total. The molecule has 0 saturated carbocycles. The van der Waals surface area contributed by atoms with E-state index in [0.717, 1.165) is 13.1 Å². The van der Waals surface area contributed by atoms with Gasteiger partial charge in [0.2, 0.25) is 6.34 Å². The molecule has 4 heteroatoms.